The number of morpholine rings is 1. The van der Waals surface area contributed by atoms with Crippen LogP contribution in [0.5, 0.6) is 0 Å². The Morgan fingerprint density at radius 2 is 2.19 bits per heavy atom. The highest BCUT2D eigenvalue weighted by atomic mass is 19.1. The molecular weight excluding hydrogens is 345 g/mol. The van der Waals surface area contributed by atoms with E-state index in [4.69, 9.17) is 4.74 Å². The molecule has 0 spiro atoms. The fraction of sp³-hybridized carbons (Fsp3) is 0.619. The van der Waals surface area contributed by atoms with Gasteiger partial charge in [-0.15, -0.1) is 0 Å². The number of benzene rings is 1. The molecule has 3 aliphatic rings. The van der Waals surface area contributed by atoms with Gasteiger partial charge in [-0.3, -0.25) is 4.79 Å². The molecule has 1 aromatic carbocycles. The molecule has 5 nitrogen and oxygen atoms in total. The van der Waals surface area contributed by atoms with Crippen LogP contribution in [0.2, 0.25) is 0 Å². The van der Waals surface area contributed by atoms with Crippen molar-refractivity contribution in [1.82, 2.24) is 5.32 Å². The lowest BCUT2D eigenvalue weighted by Gasteiger charge is -2.29. The zero-order chi connectivity index (χ0) is 18.8. The predicted octanol–water partition coefficient (Wildman–Crippen LogP) is 2.44. The van der Waals surface area contributed by atoms with Crippen LogP contribution in [0.1, 0.15) is 31.2 Å². The molecule has 1 N–H and O–H groups in total. The third kappa shape index (κ3) is 3.99. The molecule has 1 aliphatic carbocycles. The van der Waals surface area contributed by atoms with E-state index in [-0.39, 0.29) is 30.5 Å². The van der Waals surface area contributed by atoms with Gasteiger partial charge in [-0.05, 0) is 49.3 Å². The molecular formula is C21H26FN3O2. The normalized spacial score (nSPS) is 28.1. The number of hydrogen-bond acceptors (Lipinski definition) is 5. The Bertz CT molecular complexity index is 741. The lowest BCUT2D eigenvalue weighted by molar-refractivity contribution is -0.122. The van der Waals surface area contributed by atoms with Gasteiger partial charge in [0.15, 0.2) is 5.78 Å². The number of carbonyl (C=O) groups is 1. The second-order valence-corrected chi connectivity index (χ2v) is 7.99. The summed E-state index contributed by atoms with van der Waals surface area (Å²) in [6.45, 7) is 2.81. The van der Waals surface area contributed by atoms with E-state index >= 15 is 0 Å². The van der Waals surface area contributed by atoms with Gasteiger partial charge in [0.25, 0.3) is 0 Å². The summed E-state index contributed by atoms with van der Waals surface area (Å²) in [5.74, 6) is -0.252. The number of Topliss-reactive ketones (excluding diaryl/α,β-unsaturated/α-hetero) is 1. The van der Waals surface area contributed by atoms with Crippen molar-refractivity contribution in [2.45, 2.75) is 44.2 Å². The Labute approximate surface area is 159 Å². The third-order valence-corrected chi connectivity index (χ3v) is 6.22. The molecule has 4 atom stereocenters. The number of anilines is 1. The summed E-state index contributed by atoms with van der Waals surface area (Å²) in [6.07, 6.45) is 3.80. The molecule has 1 aromatic rings. The number of rotatable bonds is 6. The number of ether oxygens (including phenoxy) is 1. The monoisotopic (exact) mass is 371 g/mol. The highest BCUT2D eigenvalue weighted by molar-refractivity contribution is 5.85. The fourth-order valence-electron chi connectivity index (χ4n) is 4.74. The lowest BCUT2D eigenvalue weighted by Crippen LogP contribution is -2.42. The quantitative estimate of drug-likeness (QED) is 0.832. The number of carbonyl (C=O) groups excluding carboxylic acids is 1. The standard InChI is InChI=1S/C21H26FN3O2/c22-19-12-18(25-5-7-27-8-6-25)4-2-15(19)9-14(13-23)10-20(26)21-16-1-3-17(11-16)24-21/h2,4,12,14,16-17,21,24H,1,3,5-11H2/t14-,16+,17-,21+/m1/s1. The summed E-state index contributed by atoms with van der Waals surface area (Å²) in [5.41, 5.74) is 1.35. The molecule has 3 fully saturated rings. The average molecular weight is 371 g/mol. The molecule has 2 bridgehead atoms. The number of nitriles is 1. The van der Waals surface area contributed by atoms with E-state index in [0.717, 1.165) is 38.0 Å². The highest BCUT2D eigenvalue weighted by Gasteiger charge is 2.42. The minimum Gasteiger partial charge on any atom is -0.378 e. The van der Waals surface area contributed by atoms with Crippen molar-refractivity contribution in [2.75, 3.05) is 31.2 Å². The van der Waals surface area contributed by atoms with Gasteiger partial charge in [0.2, 0.25) is 0 Å². The van der Waals surface area contributed by atoms with Crippen LogP contribution in [0.3, 0.4) is 0 Å². The number of ketones is 1. The fourth-order valence-corrected chi connectivity index (χ4v) is 4.74. The number of halogens is 1. The van der Waals surface area contributed by atoms with Crippen LogP contribution in [-0.4, -0.2) is 44.2 Å². The molecule has 6 heteroatoms. The zero-order valence-corrected chi connectivity index (χ0v) is 15.5. The minimum absolute atomic E-state index is 0.104. The Kier molecular flexibility index (Phi) is 5.42. The lowest BCUT2D eigenvalue weighted by atomic mass is 9.88. The van der Waals surface area contributed by atoms with Gasteiger partial charge in [-0.25, -0.2) is 4.39 Å². The zero-order valence-electron chi connectivity index (χ0n) is 15.5. The summed E-state index contributed by atoms with van der Waals surface area (Å²) in [4.78, 5) is 14.7. The molecule has 144 valence electrons. The van der Waals surface area contributed by atoms with Crippen LogP contribution in [0.4, 0.5) is 10.1 Å². The first kappa shape index (κ1) is 18.4. The predicted molar refractivity (Wildman–Crippen MR) is 99.9 cm³/mol. The van der Waals surface area contributed by atoms with Crippen molar-refractivity contribution in [1.29, 1.82) is 5.26 Å². The molecule has 0 radical (unpaired) electrons. The summed E-state index contributed by atoms with van der Waals surface area (Å²) in [7, 11) is 0. The first-order chi connectivity index (χ1) is 13.1. The van der Waals surface area contributed by atoms with Gasteiger partial charge >= 0.3 is 0 Å². The third-order valence-electron chi connectivity index (χ3n) is 6.22. The highest BCUT2D eigenvalue weighted by Crippen LogP contribution is 2.36. The van der Waals surface area contributed by atoms with E-state index in [2.05, 4.69) is 16.3 Å². The van der Waals surface area contributed by atoms with Crippen LogP contribution >= 0.6 is 0 Å². The molecule has 27 heavy (non-hydrogen) atoms. The molecule has 2 saturated heterocycles. The summed E-state index contributed by atoms with van der Waals surface area (Å²) in [6, 6.07) is 7.77. The molecule has 2 aliphatic heterocycles. The Morgan fingerprint density at radius 1 is 1.37 bits per heavy atom. The van der Waals surface area contributed by atoms with Crippen molar-refractivity contribution < 1.29 is 13.9 Å². The van der Waals surface area contributed by atoms with Crippen molar-refractivity contribution >= 4 is 11.5 Å². The number of hydrogen-bond donors (Lipinski definition) is 1. The SMILES string of the molecule is N#C[C@@H](CC(=O)[C@H]1N[C@@H]2CC[C@H]1C2)Cc1ccc(N2CCOCC2)cc1F. The Balaban J connectivity index is 1.38. The molecule has 2 heterocycles. The number of fused-ring (bicyclic) bond motifs is 2. The molecule has 0 aromatic heterocycles. The van der Waals surface area contributed by atoms with Crippen molar-refractivity contribution in [2.24, 2.45) is 11.8 Å². The summed E-state index contributed by atoms with van der Waals surface area (Å²) in [5, 5.41) is 12.9. The molecule has 1 saturated carbocycles. The Morgan fingerprint density at radius 3 is 2.81 bits per heavy atom. The van der Waals surface area contributed by atoms with Crippen molar-refractivity contribution in [3.05, 3.63) is 29.6 Å². The Hall–Kier alpha value is -1.97. The average Bonchev–Trinajstić information content (AvgIpc) is 3.33. The summed E-state index contributed by atoms with van der Waals surface area (Å²) >= 11 is 0. The van der Waals surface area contributed by atoms with Gasteiger partial charge in [-0.1, -0.05) is 6.07 Å². The van der Waals surface area contributed by atoms with Crippen molar-refractivity contribution in [3.63, 3.8) is 0 Å². The first-order valence-electron chi connectivity index (χ1n) is 9.93. The maximum atomic E-state index is 14.6. The summed E-state index contributed by atoms with van der Waals surface area (Å²) < 4.78 is 19.9. The number of nitrogens with one attached hydrogen (secondary N) is 1. The van der Waals surface area contributed by atoms with E-state index in [0.29, 0.717) is 30.7 Å². The smallest absolute Gasteiger partial charge is 0.151 e. The maximum absolute atomic E-state index is 14.6. The van der Waals surface area contributed by atoms with E-state index in [1.807, 2.05) is 6.07 Å². The van der Waals surface area contributed by atoms with E-state index < -0.39 is 5.92 Å². The van der Waals surface area contributed by atoms with Gasteiger partial charge in [0.1, 0.15) is 5.82 Å². The van der Waals surface area contributed by atoms with E-state index in [1.54, 1.807) is 6.07 Å². The topological polar surface area (TPSA) is 65.4 Å². The van der Waals surface area contributed by atoms with Gasteiger partial charge in [-0.2, -0.15) is 5.26 Å². The van der Waals surface area contributed by atoms with Gasteiger partial charge in [0, 0.05) is 31.2 Å². The maximum Gasteiger partial charge on any atom is 0.151 e. The molecule has 0 unspecified atom stereocenters. The van der Waals surface area contributed by atoms with Crippen LogP contribution in [0.15, 0.2) is 18.2 Å². The first-order valence-corrected chi connectivity index (χ1v) is 9.93. The molecule has 4 rings (SSSR count). The number of piperidine rings is 1. The van der Waals surface area contributed by atoms with Crippen LogP contribution in [0, 0.1) is 29.0 Å². The van der Waals surface area contributed by atoms with Gasteiger partial charge < -0.3 is 15.0 Å². The van der Waals surface area contributed by atoms with E-state index in [1.165, 1.54) is 6.07 Å². The largest absolute Gasteiger partial charge is 0.378 e. The van der Waals surface area contributed by atoms with Crippen molar-refractivity contribution in [3.8, 4) is 6.07 Å². The number of nitrogens with zero attached hydrogens (tertiary/aromatic N) is 2. The van der Waals surface area contributed by atoms with Crippen LogP contribution in [-0.2, 0) is 16.0 Å². The van der Waals surface area contributed by atoms with E-state index in [9.17, 15) is 14.4 Å². The van der Waals surface area contributed by atoms with Crippen LogP contribution < -0.4 is 10.2 Å². The second kappa shape index (κ2) is 7.95. The minimum atomic E-state index is -0.484. The second-order valence-electron chi connectivity index (χ2n) is 7.99. The molecule has 0 amide bonds. The van der Waals surface area contributed by atoms with Gasteiger partial charge in [0.05, 0.1) is 31.2 Å². The van der Waals surface area contributed by atoms with Crippen LogP contribution in [0.25, 0.3) is 0 Å².